The van der Waals surface area contributed by atoms with Gasteiger partial charge in [0.15, 0.2) is 0 Å². The average molecular weight is 442 g/mol. The van der Waals surface area contributed by atoms with Crippen molar-refractivity contribution < 1.29 is 28.6 Å². The third-order valence-corrected chi connectivity index (χ3v) is 4.98. The van der Waals surface area contributed by atoms with Crippen LogP contribution in [0.5, 0.6) is 11.5 Å². The Morgan fingerprint density at radius 2 is 1.58 bits per heavy atom. The van der Waals surface area contributed by atoms with Gasteiger partial charge >= 0.3 is 5.97 Å². The lowest BCUT2D eigenvalue weighted by molar-refractivity contribution is -0.149. The molecule has 1 saturated heterocycles. The van der Waals surface area contributed by atoms with Crippen LogP contribution >= 0.6 is 11.8 Å². The summed E-state index contributed by atoms with van der Waals surface area (Å²) in [7, 11) is 0. The first kappa shape index (κ1) is 22.4. The lowest BCUT2D eigenvalue weighted by Gasteiger charge is -2.13. The van der Waals surface area contributed by atoms with Crippen LogP contribution in [0, 0.1) is 0 Å². The van der Waals surface area contributed by atoms with Crippen LogP contribution in [-0.2, 0) is 14.3 Å². The number of imide groups is 1. The van der Waals surface area contributed by atoms with Gasteiger partial charge in [0.2, 0.25) is 0 Å². The zero-order valence-electron chi connectivity index (χ0n) is 17.3. The number of thioether (sulfide) groups is 1. The third kappa shape index (κ3) is 6.62. The lowest BCUT2D eigenvalue weighted by Crippen LogP contribution is -2.35. The maximum absolute atomic E-state index is 12.5. The highest BCUT2D eigenvalue weighted by Crippen LogP contribution is 2.32. The summed E-state index contributed by atoms with van der Waals surface area (Å²) in [6.07, 6.45) is 1.30. The SMILES string of the molecule is CC(C)OC(=O)CN1C(=O)S/C(=C\c2ccc(OCCOc3ccccc3)cc2)C1=O. The number of amides is 2. The fourth-order valence-electron chi connectivity index (χ4n) is 2.71. The smallest absolute Gasteiger partial charge is 0.326 e. The molecule has 0 atom stereocenters. The van der Waals surface area contributed by atoms with Gasteiger partial charge in [-0.15, -0.1) is 0 Å². The molecule has 3 rings (SSSR count). The second-order valence-corrected chi connectivity index (χ2v) is 7.88. The second-order valence-electron chi connectivity index (χ2n) is 6.89. The van der Waals surface area contributed by atoms with Gasteiger partial charge in [-0.3, -0.25) is 19.3 Å². The molecule has 0 aromatic heterocycles. The van der Waals surface area contributed by atoms with Crippen molar-refractivity contribution in [2.45, 2.75) is 20.0 Å². The summed E-state index contributed by atoms with van der Waals surface area (Å²) in [6.45, 7) is 3.82. The topological polar surface area (TPSA) is 82.1 Å². The fourth-order valence-corrected chi connectivity index (χ4v) is 3.55. The summed E-state index contributed by atoms with van der Waals surface area (Å²) >= 11 is 0.799. The minimum atomic E-state index is -0.615. The predicted octanol–water partition coefficient (Wildman–Crippen LogP) is 4.13. The minimum Gasteiger partial charge on any atom is -0.490 e. The van der Waals surface area contributed by atoms with E-state index in [4.69, 9.17) is 14.2 Å². The van der Waals surface area contributed by atoms with Crippen LogP contribution in [-0.4, -0.2) is 47.9 Å². The molecule has 0 bridgehead atoms. The highest BCUT2D eigenvalue weighted by molar-refractivity contribution is 8.18. The van der Waals surface area contributed by atoms with E-state index < -0.39 is 23.7 Å². The summed E-state index contributed by atoms with van der Waals surface area (Å²) in [5, 5.41) is -0.490. The summed E-state index contributed by atoms with van der Waals surface area (Å²) in [5.41, 5.74) is 0.739. The van der Waals surface area contributed by atoms with E-state index in [9.17, 15) is 14.4 Å². The van der Waals surface area contributed by atoms with E-state index >= 15 is 0 Å². The third-order valence-electron chi connectivity index (χ3n) is 4.07. The highest BCUT2D eigenvalue weighted by atomic mass is 32.2. The Balaban J connectivity index is 1.52. The first-order chi connectivity index (χ1) is 14.9. The molecule has 0 N–H and O–H groups in total. The molecule has 0 spiro atoms. The molecule has 2 aromatic rings. The average Bonchev–Trinajstić information content (AvgIpc) is 3.00. The summed E-state index contributed by atoms with van der Waals surface area (Å²) in [6, 6.07) is 16.6. The van der Waals surface area contributed by atoms with Gasteiger partial charge in [-0.05, 0) is 61.5 Å². The van der Waals surface area contributed by atoms with E-state index in [1.165, 1.54) is 0 Å². The summed E-state index contributed by atoms with van der Waals surface area (Å²) in [5.74, 6) is 0.330. The number of benzene rings is 2. The van der Waals surface area contributed by atoms with Gasteiger partial charge in [0.1, 0.15) is 31.3 Å². The van der Waals surface area contributed by atoms with Gasteiger partial charge in [-0.2, -0.15) is 0 Å². The van der Waals surface area contributed by atoms with Crippen molar-refractivity contribution in [2.24, 2.45) is 0 Å². The molecule has 31 heavy (non-hydrogen) atoms. The zero-order valence-corrected chi connectivity index (χ0v) is 18.1. The Hall–Kier alpha value is -3.26. The Bertz CT molecular complexity index is 956. The molecule has 0 aliphatic carbocycles. The quantitative estimate of drug-likeness (QED) is 0.329. The molecule has 1 heterocycles. The van der Waals surface area contributed by atoms with Gasteiger partial charge in [0.05, 0.1) is 11.0 Å². The van der Waals surface area contributed by atoms with Crippen LogP contribution in [0.4, 0.5) is 4.79 Å². The molecule has 1 aliphatic heterocycles. The van der Waals surface area contributed by atoms with Gasteiger partial charge in [0, 0.05) is 0 Å². The normalized spacial score (nSPS) is 14.9. The molecular formula is C23H23NO6S. The van der Waals surface area contributed by atoms with Crippen molar-refractivity contribution in [3.05, 3.63) is 65.1 Å². The van der Waals surface area contributed by atoms with Crippen molar-refractivity contribution in [1.82, 2.24) is 4.90 Å². The lowest BCUT2D eigenvalue weighted by atomic mass is 10.2. The first-order valence-electron chi connectivity index (χ1n) is 9.78. The van der Waals surface area contributed by atoms with E-state index in [1.54, 1.807) is 44.2 Å². The molecule has 1 fully saturated rings. The molecule has 1 aliphatic rings. The number of hydrogen-bond donors (Lipinski definition) is 0. The number of ether oxygens (including phenoxy) is 3. The van der Waals surface area contributed by atoms with Gasteiger partial charge in [-0.1, -0.05) is 30.3 Å². The van der Waals surface area contributed by atoms with E-state index in [0.717, 1.165) is 28.0 Å². The molecule has 2 aromatic carbocycles. The Morgan fingerprint density at radius 3 is 2.19 bits per heavy atom. The van der Waals surface area contributed by atoms with Crippen LogP contribution in [0.2, 0.25) is 0 Å². The number of carbonyl (C=O) groups is 3. The zero-order chi connectivity index (χ0) is 22.2. The molecule has 0 unspecified atom stereocenters. The fraction of sp³-hybridized carbons (Fsp3) is 0.261. The van der Waals surface area contributed by atoms with Gasteiger partial charge in [-0.25, -0.2) is 0 Å². The minimum absolute atomic E-state index is 0.257. The molecule has 7 nitrogen and oxygen atoms in total. The van der Waals surface area contributed by atoms with Crippen LogP contribution < -0.4 is 9.47 Å². The number of hydrogen-bond acceptors (Lipinski definition) is 7. The largest absolute Gasteiger partial charge is 0.490 e. The van der Waals surface area contributed by atoms with Gasteiger partial charge < -0.3 is 14.2 Å². The predicted molar refractivity (Wildman–Crippen MR) is 118 cm³/mol. The molecule has 0 radical (unpaired) electrons. The number of esters is 1. The van der Waals surface area contributed by atoms with Crippen molar-refractivity contribution in [2.75, 3.05) is 19.8 Å². The maximum atomic E-state index is 12.5. The van der Waals surface area contributed by atoms with Crippen LogP contribution in [0.1, 0.15) is 19.4 Å². The first-order valence-corrected chi connectivity index (χ1v) is 10.6. The van der Waals surface area contributed by atoms with Crippen molar-refractivity contribution in [3.63, 3.8) is 0 Å². The standard InChI is InChI=1S/C23H23NO6S/c1-16(2)30-21(25)15-24-22(26)20(31-23(24)27)14-17-8-10-19(11-9-17)29-13-12-28-18-6-4-3-5-7-18/h3-11,14,16H,12-13,15H2,1-2H3/b20-14-. The molecule has 2 amide bonds. The molecule has 8 heteroatoms. The summed E-state index contributed by atoms with van der Waals surface area (Å²) < 4.78 is 16.2. The second kappa shape index (κ2) is 10.7. The van der Waals surface area contributed by atoms with E-state index in [-0.39, 0.29) is 11.0 Å². The maximum Gasteiger partial charge on any atom is 0.326 e. The van der Waals surface area contributed by atoms with Crippen molar-refractivity contribution >= 4 is 35.0 Å². The van der Waals surface area contributed by atoms with Crippen molar-refractivity contribution in [3.8, 4) is 11.5 Å². The van der Waals surface area contributed by atoms with E-state index in [2.05, 4.69) is 0 Å². The van der Waals surface area contributed by atoms with Crippen molar-refractivity contribution in [1.29, 1.82) is 0 Å². The molecular weight excluding hydrogens is 418 g/mol. The highest BCUT2D eigenvalue weighted by Gasteiger charge is 2.36. The Labute approximate surface area is 185 Å². The number of nitrogens with zero attached hydrogens (tertiary/aromatic N) is 1. The number of carbonyl (C=O) groups excluding carboxylic acids is 3. The van der Waals surface area contributed by atoms with E-state index in [0.29, 0.717) is 19.0 Å². The number of rotatable bonds is 9. The van der Waals surface area contributed by atoms with Gasteiger partial charge in [0.25, 0.3) is 11.1 Å². The monoisotopic (exact) mass is 441 g/mol. The molecule has 0 saturated carbocycles. The van der Waals surface area contributed by atoms with Crippen LogP contribution in [0.15, 0.2) is 59.5 Å². The summed E-state index contributed by atoms with van der Waals surface area (Å²) in [4.78, 5) is 37.5. The molecule has 162 valence electrons. The Morgan fingerprint density at radius 1 is 0.968 bits per heavy atom. The van der Waals surface area contributed by atoms with E-state index in [1.807, 2.05) is 30.3 Å². The number of para-hydroxylation sites is 1. The van der Waals surface area contributed by atoms with Crippen LogP contribution in [0.25, 0.3) is 6.08 Å². The Kier molecular flexibility index (Phi) is 7.72. The van der Waals surface area contributed by atoms with Crippen LogP contribution in [0.3, 0.4) is 0 Å².